The Kier molecular flexibility index (Phi) is 5.54. The Morgan fingerprint density at radius 1 is 0.853 bits per heavy atom. The Bertz CT molecular complexity index is 1400. The van der Waals surface area contributed by atoms with E-state index in [1.54, 1.807) is 54.9 Å². The summed E-state index contributed by atoms with van der Waals surface area (Å²) in [4.78, 5) is 11.8. The molecule has 5 rings (SSSR count). The van der Waals surface area contributed by atoms with E-state index in [9.17, 15) is 13.2 Å². The van der Waals surface area contributed by atoms with Crippen LogP contribution in [-0.4, -0.2) is 24.6 Å². The minimum absolute atomic E-state index is 0.141. The minimum Gasteiger partial charge on any atom is -0.457 e. The first-order chi connectivity index (χ1) is 16.5. The molecule has 3 aromatic heterocycles. The highest BCUT2D eigenvalue weighted by Crippen LogP contribution is 2.31. The van der Waals surface area contributed by atoms with Crippen LogP contribution in [0.5, 0.6) is 11.5 Å². The van der Waals surface area contributed by atoms with Gasteiger partial charge in [-0.3, -0.25) is 4.98 Å². The highest BCUT2D eigenvalue weighted by Gasteiger charge is 2.34. The van der Waals surface area contributed by atoms with Crippen LogP contribution >= 0.6 is 0 Å². The van der Waals surface area contributed by atoms with Crippen LogP contribution < -0.4 is 10.1 Å². The van der Waals surface area contributed by atoms with E-state index in [0.29, 0.717) is 23.6 Å². The summed E-state index contributed by atoms with van der Waals surface area (Å²) in [6.07, 6.45) is -1.32. The summed E-state index contributed by atoms with van der Waals surface area (Å²) >= 11 is 0. The van der Waals surface area contributed by atoms with Gasteiger partial charge in [-0.2, -0.15) is 22.7 Å². The molecule has 0 amide bonds. The highest BCUT2D eigenvalue weighted by atomic mass is 19.4. The average Bonchev–Trinajstić information content (AvgIpc) is 3.27. The van der Waals surface area contributed by atoms with Crippen LogP contribution in [0.3, 0.4) is 0 Å². The molecule has 0 spiro atoms. The molecule has 7 nitrogen and oxygen atoms in total. The second-order valence-corrected chi connectivity index (χ2v) is 7.32. The number of nitrogens with one attached hydrogen (secondary N) is 1. The number of hydrogen-bond acceptors (Lipinski definition) is 6. The molecule has 2 aromatic carbocycles. The van der Waals surface area contributed by atoms with Gasteiger partial charge in [0.25, 0.3) is 5.78 Å². The Morgan fingerprint density at radius 2 is 1.56 bits per heavy atom. The molecule has 0 aliphatic carbocycles. The molecule has 3 heterocycles. The normalized spacial score (nSPS) is 11.5. The summed E-state index contributed by atoms with van der Waals surface area (Å²) in [5.41, 5.74) is 0.702. The van der Waals surface area contributed by atoms with Crippen molar-refractivity contribution in [2.45, 2.75) is 12.7 Å². The molecule has 0 unspecified atom stereocenters. The molecule has 10 heteroatoms. The van der Waals surface area contributed by atoms with Gasteiger partial charge in [-0.05, 0) is 35.9 Å². The van der Waals surface area contributed by atoms with Crippen molar-refractivity contribution in [3.8, 4) is 22.8 Å². The molecular weight excluding hydrogens is 445 g/mol. The topological polar surface area (TPSA) is 77.2 Å². The summed E-state index contributed by atoms with van der Waals surface area (Å²) in [7, 11) is 0. The SMILES string of the molecule is FC(F)(F)c1cc(-c2ccccc2)n2nc(NCc3ccc(Oc4ccncc4)cc3)nc2n1. The summed E-state index contributed by atoms with van der Waals surface area (Å²) in [5, 5.41) is 7.38. The Labute approximate surface area is 191 Å². The predicted octanol–water partition coefficient (Wildman–Crippen LogP) is 5.61. The van der Waals surface area contributed by atoms with Crippen LogP contribution in [0.4, 0.5) is 19.1 Å². The molecule has 0 aliphatic rings. The number of alkyl halides is 3. The van der Waals surface area contributed by atoms with E-state index >= 15 is 0 Å². The predicted molar refractivity (Wildman–Crippen MR) is 119 cm³/mol. The zero-order valence-corrected chi connectivity index (χ0v) is 17.6. The number of ether oxygens (including phenoxy) is 1. The lowest BCUT2D eigenvalue weighted by Crippen LogP contribution is -2.11. The number of benzene rings is 2. The molecule has 0 aliphatic heterocycles. The van der Waals surface area contributed by atoms with E-state index in [-0.39, 0.29) is 17.4 Å². The van der Waals surface area contributed by atoms with Crippen LogP contribution in [0.15, 0.2) is 85.2 Å². The van der Waals surface area contributed by atoms with Crippen molar-refractivity contribution in [2.75, 3.05) is 5.32 Å². The number of halogens is 3. The molecule has 0 saturated heterocycles. The van der Waals surface area contributed by atoms with Gasteiger partial charge < -0.3 is 10.1 Å². The van der Waals surface area contributed by atoms with Crippen LogP contribution in [0.1, 0.15) is 11.3 Å². The van der Waals surface area contributed by atoms with Crippen LogP contribution in [0.25, 0.3) is 17.0 Å². The molecule has 34 heavy (non-hydrogen) atoms. The maximum atomic E-state index is 13.4. The third-order valence-corrected chi connectivity index (χ3v) is 4.93. The van der Waals surface area contributed by atoms with Crippen molar-refractivity contribution in [3.05, 3.63) is 96.4 Å². The lowest BCUT2D eigenvalue weighted by atomic mass is 10.1. The maximum absolute atomic E-state index is 13.4. The summed E-state index contributed by atoms with van der Waals surface area (Å²) < 4.78 is 47.3. The maximum Gasteiger partial charge on any atom is 0.433 e. The number of nitrogens with zero attached hydrogens (tertiary/aromatic N) is 5. The van der Waals surface area contributed by atoms with Gasteiger partial charge in [0.2, 0.25) is 5.95 Å². The van der Waals surface area contributed by atoms with Crippen LogP contribution in [0, 0.1) is 0 Å². The van der Waals surface area contributed by atoms with Crippen LogP contribution in [-0.2, 0) is 12.7 Å². The molecule has 0 saturated carbocycles. The van der Waals surface area contributed by atoms with Crippen LogP contribution in [0.2, 0.25) is 0 Å². The van der Waals surface area contributed by atoms with E-state index in [2.05, 4.69) is 25.4 Å². The minimum atomic E-state index is -4.61. The van der Waals surface area contributed by atoms with Gasteiger partial charge in [0.1, 0.15) is 11.5 Å². The van der Waals surface area contributed by atoms with E-state index in [4.69, 9.17) is 4.74 Å². The highest BCUT2D eigenvalue weighted by molar-refractivity contribution is 5.63. The summed E-state index contributed by atoms with van der Waals surface area (Å²) in [5.74, 6) is 1.37. The zero-order valence-electron chi connectivity index (χ0n) is 17.6. The van der Waals surface area contributed by atoms with Gasteiger partial charge in [-0.15, -0.1) is 5.10 Å². The lowest BCUT2D eigenvalue weighted by Gasteiger charge is -2.09. The second kappa shape index (κ2) is 8.81. The number of rotatable bonds is 6. The van der Waals surface area contributed by atoms with Gasteiger partial charge >= 0.3 is 6.18 Å². The fourth-order valence-corrected chi connectivity index (χ4v) is 3.30. The van der Waals surface area contributed by atoms with Gasteiger partial charge in [0.05, 0.1) is 5.69 Å². The Hall–Kier alpha value is -4.47. The zero-order chi connectivity index (χ0) is 23.5. The quantitative estimate of drug-likeness (QED) is 0.354. The third-order valence-electron chi connectivity index (χ3n) is 4.93. The Morgan fingerprint density at radius 3 is 2.26 bits per heavy atom. The Balaban J connectivity index is 1.37. The number of pyridine rings is 1. The summed E-state index contributed by atoms with van der Waals surface area (Å²) in [6, 6.07) is 20.6. The molecule has 0 radical (unpaired) electrons. The third kappa shape index (κ3) is 4.65. The fourth-order valence-electron chi connectivity index (χ4n) is 3.30. The number of hydrogen-bond donors (Lipinski definition) is 1. The molecule has 5 aromatic rings. The van der Waals surface area contributed by atoms with Crippen molar-refractivity contribution >= 4 is 11.7 Å². The van der Waals surface area contributed by atoms with Gasteiger partial charge in [0.15, 0.2) is 5.69 Å². The van der Waals surface area contributed by atoms with Gasteiger partial charge in [0, 0.05) is 24.5 Å². The molecule has 0 bridgehead atoms. The first kappa shape index (κ1) is 21.4. The van der Waals surface area contributed by atoms with Crippen molar-refractivity contribution in [1.82, 2.24) is 24.6 Å². The smallest absolute Gasteiger partial charge is 0.433 e. The van der Waals surface area contributed by atoms with Crippen molar-refractivity contribution in [1.29, 1.82) is 0 Å². The second-order valence-electron chi connectivity index (χ2n) is 7.32. The monoisotopic (exact) mass is 462 g/mol. The first-order valence-corrected chi connectivity index (χ1v) is 10.3. The summed E-state index contributed by atoms with van der Waals surface area (Å²) in [6.45, 7) is 0.360. The van der Waals surface area contributed by atoms with Gasteiger partial charge in [-0.1, -0.05) is 42.5 Å². The molecular formula is C24H17F3N6O. The largest absolute Gasteiger partial charge is 0.457 e. The number of anilines is 1. The van der Waals surface area contributed by atoms with E-state index in [0.717, 1.165) is 11.6 Å². The lowest BCUT2D eigenvalue weighted by molar-refractivity contribution is -0.141. The fraction of sp³-hybridized carbons (Fsp3) is 0.0833. The van der Waals surface area contributed by atoms with Gasteiger partial charge in [-0.25, -0.2) is 4.98 Å². The number of fused-ring (bicyclic) bond motifs is 1. The standard InChI is InChI=1S/C24H17F3N6O/c25-24(26,27)21-14-20(17-4-2-1-3-5-17)33-23(30-21)31-22(32-33)29-15-16-6-8-18(9-7-16)34-19-10-12-28-13-11-19/h1-14H,15H2,(H,29,32). The van der Waals surface area contributed by atoms with Crippen molar-refractivity contribution < 1.29 is 17.9 Å². The van der Waals surface area contributed by atoms with Crippen molar-refractivity contribution in [3.63, 3.8) is 0 Å². The average molecular weight is 462 g/mol. The first-order valence-electron chi connectivity index (χ1n) is 10.3. The number of aromatic nitrogens is 5. The molecule has 1 N–H and O–H groups in total. The molecule has 0 fully saturated rings. The molecule has 0 atom stereocenters. The van der Waals surface area contributed by atoms with E-state index in [1.807, 2.05) is 24.3 Å². The van der Waals surface area contributed by atoms with E-state index in [1.165, 1.54) is 4.52 Å². The molecule has 170 valence electrons. The van der Waals surface area contributed by atoms with E-state index < -0.39 is 11.9 Å². The van der Waals surface area contributed by atoms with Crippen molar-refractivity contribution in [2.24, 2.45) is 0 Å².